The molecule has 0 aliphatic heterocycles. The summed E-state index contributed by atoms with van der Waals surface area (Å²) in [6, 6.07) is 55.6. The Hall–Kier alpha value is -6.58. The van der Waals surface area contributed by atoms with E-state index in [0.717, 1.165) is 71.7 Å². The van der Waals surface area contributed by atoms with Gasteiger partial charge in [-0.2, -0.15) is 0 Å². The summed E-state index contributed by atoms with van der Waals surface area (Å²) in [7, 11) is 0. The average molecular weight is 642 g/mol. The zero-order chi connectivity index (χ0) is 33.2. The molecule has 0 saturated heterocycles. The molecule has 10 aromatic rings. The molecule has 0 fully saturated rings. The van der Waals surface area contributed by atoms with E-state index in [4.69, 9.17) is 8.83 Å². The molecule has 2 heterocycles. The Balaban J connectivity index is 1.24. The fourth-order valence-corrected chi connectivity index (χ4v) is 7.58. The van der Waals surface area contributed by atoms with Gasteiger partial charge in [-0.15, -0.1) is 0 Å². The number of para-hydroxylation sites is 2. The molecule has 0 aliphatic rings. The van der Waals surface area contributed by atoms with Crippen molar-refractivity contribution in [1.29, 1.82) is 0 Å². The van der Waals surface area contributed by atoms with Crippen molar-refractivity contribution in [3.8, 4) is 0 Å². The summed E-state index contributed by atoms with van der Waals surface area (Å²) in [5.41, 5.74) is 10.1. The van der Waals surface area contributed by atoms with Gasteiger partial charge in [-0.3, -0.25) is 0 Å². The summed E-state index contributed by atoms with van der Waals surface area (Å²) in [5.74, 6) is 0. The normalized spacial score (nSPS) is 12.0. The molecule has 0 aliphatic carbocycles. The van der Waals surface area contributed by atoms with Crippen LogP contribution in [0.4, 0.5) is 17.1 Å². The minimum absolute atomic E-state index is 0.845. The van der Waals surface area contributed by atoms with E-state index in [0.29, 0.717) is 0 Å². The van der Waals surface area contributed by atoms with Crippen LogP contribution in [-0.4, -0.2) is 0 Å². The van der Waals surface area contributed by atoms with E-state index in [1.807, 2.05) is 12.1 Å². The number of anilines is 3. The molecule has 0 atom stereocenters. The first-order valence-corrected chi connectivity index (χ1v) is 17.0. The van der Waals surface area contributed by atoms with Crippen LogP contribution in [0.1, 0.15) is 16.7 Å². The topological polar surface area (TPSA) is 29.5 Å². The highest BCUT2D eigenvalue weighted by Gasteiger charge is 2.22. The predicted octanol–water partition coefficient (Wildman–Crippen LogP) is 13.7. The molecule has 2 aromatic heterocycles. The number of hydrogen-bond donors (Lipinski definition) is 0. The Morgan fingerprint density at radius 3 is 2.00 bits per heavy atom. The SMILES string of the molecule is Cc1ccc2c(N(c3ccc4c(c3)oc3c5ccccc5ccc43)c3cccc4c3oc3ccccc34)cccc2c1/C=C\c1ccccc1. The van der Waals surface area contributed by atoms with Gasteiger partial charge in [0.05, 0.1) is 17.1 Å². The first-order chi connectivity index (χ1) is 24.7. The van der Waals surface area contributed by atoms with Crippen LogP contribution in [0.2, 0.25) is 0 Å². The Morgan fingerprint density at radius 1 is 0.440 bits per heavy atom. The minimum atomic E-state index is 0.845. The summed E-state index contributed by atoms with van der Waals surface area (Å²) in [5, 5.41) is 9.02. The quantitative estimate of drug-likeness (QED) is 0.175. The third-order valence-electron chi connectivity index (χ3n) is 10.0. The van der Waals surface area contributed by atoms with Gasteiger partial charge in [-0.05, 0) is 70.8 Å². The molecule has 0 radical (unpaired) electrons. The van der Waals surface area contributed by atoms with Gasteiger partial charge in [0.25, 0.3) is 0 Å². The molecular weight excluding hydrogens is 611 g/mol. The molecule has 3 nitrogen and oxygen atoms in total. The highest BCUT2D eigenvalue weighted by molar-refractivity contribution is 6.16. The molecule has 0 bridgehead atoms. The molecule has 8 aromatic carbocycles. The maximum Gasteiger partial charge on any atom is 0.159 e. The van der Waals surface area contributed by atoms with E-state index in [2.05, 4.69) is 170 Å². The van der Waals surface area contributed by atoms with E-state index in [1.54, 1.807) is 0 Å². The lowest BCUT2D eigenvalue weighted by molar-refractivity contribution is 0.668. The van der Waals surface area contributed by atoms with E-state index >= 15 is 0 Å². The average Bonchev–Trinajstić information content (AvgIpc) is 3.74. The predicted molar refractivity (Wildman–Crippen MR) is 211 cm³/mol. The van der Waals surface area contributed by atoms with Crippen LogP contribution in [0.25, 0.3) is 77.6 Å². The van der Waals surface area contributed by atoms with Crippen LogP contribution < -0.4 is 4.90 Å². The highest BCUT2D eigenvalue weighted by Crippen LogP contribution is 2.46. The van der Waals surface area contributed by atoms with Crippen LogP contribution in [0.3, 0.4) is 0 Å². The summed E-state index contributed by atoms with van der Waals surface area (Å²) >= 11 is 0. The number of nitrogens with zero attached hydrogens (tertiary/aromatic N) is 1. The molecule has 0 amide bonds. The second-order valence-corrected chi connectivity index (χ2v) is 12.9. The minimum Gasteiger partial charge on any atom is -0.455 e. The van der Waals surface area contributed by atoms with E-state index < -0.39 is 0 Å². The van der Waals surface area contributed by atoms with Gasteiger partial charge in [0.2, 0.25) is 0 Å². The lowest BCUT2D eigenvalue weighted by atomic mass is 9.96. The summed E-state index contributed by atoms with van der Waals surface area (Å²) in [6.07, 6.45) is 4.44. The van der Waals surface area contributed by atoms with Gasteiger partial charge in [0.1, 0.15) is 16.7 Å². The summed E-state index contributed by atoms with van der Waals surface area (Å²) < 4.78 is 13.4. The van der Waals surface area contributed by atoms with Crippen LogP contribution in [-0.2, 0) is 0 Å². The van der Waals surface area contributed by atoms with Crippen LogP contribution >= 0.6 is 0 Å². The standard InChI is InChI=1S/C47H31NO2/c1-30-21-25-37-36(34(30)26-22-31-11-3-2-4-12-31)16-9-18-42(37)48(43-19-10-17-40-38-15-7-8-20-44(38)49-47(40)43)33-24-28-39-41-27-23-32-13-5-6-14-35(32)46(41)50-45(39)29-33/h2-29H,1H3/b26-22-. The van der Waals surface area contributed by atoms with Crippen molar-refractivity contribution < 1.29 is 8.83 Å². The lowest BCUT2D eigenvalue weighted by Gasteiger charge is -2.27. The van der Waals surface area contributed by atoms with Crippen molar-refractivity contribution in [2.24, 2.45) is 0 Å². The number of aryl methyl sites for hydroxylation is 1. The Morgan fingerprint density at radius 2 is 1.10 bits per heavy atom. The fourth-order valence-electron chi connectivity index (χ4n) is 7.58. The number of fused-ring (bicyclic) bond motifs is 9. The van der Waals surface area contributed by atoms with Crippen molar-refractivity contribution in [2.75, 3.05) is 4.90 Å². The van der Waals surface area contributed by atoms with Gasteiger partial charge < -0.3 is 13.7 Å². The first kappa shape index (κ1) is 28.4. The molecule has 0 N–H and O–H groups in total. The Bertz CT molecular complexity index is 2950. The van der Waals surface area contributed by atoms with E-state index in [1.165, 1.54) is 27.5 Å². The maximum absolute atomic E-state index is 6.70. The molecule has 236 valence electrons. The van der Waals surface area contributed by atoms with Crippen LogP contribution in [0.15, 0.2) is 167 Å². The van der Waals surface area contributed by atoms with Gasteiger partial charge in [-0.1, -0.05) is 127 Å². The Kier molecular flexibility index (Phi) is 6.40. The van der Waals surface area contributed by atoms with Crippen molar-refractivity contribution in [2.45, 2.75) is 6.92 Å². The van der Waals surface area contributed by atoms with Crippen molar-refractivity contribution in [1.82, 2.24) is 0 Å². The monoisotopic (exact) mass is 641 g/mol. The van der Waals surface area contributed by atoms with Gasteiger partial charge in [-0.25, -0.2) is 0 Å². The third kappa shape index (κ3) is 4.44. The first-order valence-electron chi connectivity index (χ1n) is 17.0. The zero-order valence-corrected chi connectivity index (χ0v) is 27.4. The smallest absolute Gasteiger partial charge is 0.159 e. The van der Waals surface area contributed by atoms with Gasteiger partial charge in [0, 0.05) is 38.4 Å². The zero-order valence-electron chi connectivity index (χ0n) is 27.4. The fraction of sp³-hybridized carbons (Fsp3) is 0.0213. The molecular formula is C47H31NO2. The molecule has 0 unspecified atom stereocenters. The molecule has 50 heavy (non-hydrogen) atoms. The van der Waals surface area contributed by atoms with Gasteiger partial charge in [0.15, 0.2) is 5.58 Å². The van der Waals surface area contributed by atoms with Crippen molar-refractivity contribution in [3.05, 3.63) is 174 Å². The number of hydrogen-bond acceptors (Lipinski definition) is 3. The van der Waals surface area contributed by atoms with Crippen LogP contribution in [0.5, 0.6) is 0 Å². The maximum atomic E-state index is 6.70. The number of furan rings is 2. The second kappa shape index (κ2) is 11.3. The Labute approximate surface area is 288 Å². The van der Waals surface area contributed by atoms with Gasteiger partial charge >= 0.3 is 0 Å². The van der Waals surface area contributed by atoms with Crippen LogP contribution in [0, 0.1) is 6.92 Å². The summed E-state index contributed by atoms with van der Waals surface area (Å²) in [4.78, 5) is 2.33. The van der Waals surface area contributed by atoms with Crippen molar-refractivity contribution in [3.63, 3.8) is 0 Å². The summed E-state index contributed by atoms with van der Waals surface area (Å²) in [6.45, 7) is 2.18. The number of benzene rings is 8. The molecule has 0 spiro atoms. The molecule has 10 rings (SSSR count). The lowest BCUT2D eigenvalue weighted by Crippen LogP contribution is -2.11. The van der Waals surface area contributed by atoms with E-state index in [9.17, 15) is 0 Å². The largest absolute Gasteiger partial charge is 0.455 e. The highest BCUT2D eigenvalue weighted by atomic mass is 16.3. The van der Waals surface area contributed by atoms with Crippen molar-refractivity contribution >= 4 is 94.6 Å². The molecule has 0 saturated carbocycles. The third-order valence-corrected chi connectivity index (χ3v) is 10.0. The second-order valence-electron chi connectivity index (χ2n) is 12.9. The molecule has 3 heteroatoms. The number of rotatable bonds is 5. The van der Waals surface area contributed by atoms with E-state index in [-0.39, 0.29) is 0 Å².